The lowest BCUT2D eigenvalue weighted by molar-refractivity contribution is -0.138. The molecule has 2 N–H and O–H groups in total. The van der Waals surface area contributed by atoms with E-state index in [1.165, 1.54) is 0 Å². The maximum absolute atomic E-state index is 13.5. The van der Waals surface area contributed by atoms with E-state index in [0.29, 0.717) is 12.8 Å². The Morgan fingerprint density at radius 1 is 1.19 bits per heavy atom. The number of carbonyl (C=O) groups is 3. The average Bonchev–Trinajstić information content (AvgIpc) is 3.25. The van der Waals surface area contributed by atoms with Crippen LogP contribution in [0.3, 0.4) is 0 Å². The zero-order valence-electron chi connectivity index (χ0n) is 22.9. The number of imidazole rings is 1. The van der Waals surface area contributed by atoms with E-state index in [2.05, 4.69) is 43.0 Å². The number of aromatic amines is 1. The number of H-pyrrole nitrogens is 1. The SMILES string of the molecule is CC[C@H]1CCCCN1C(=O)C[C@H](NC(=O)CCC(C)(C)C)C(=O)C[C@@H](C)c1nc2ccc(C)cc2[nH]1. The molecule has 0 unspecified atom stereocenters. The van der Waals surface area contributed by atoms with E-state index in [-0.39, 0.29) is 47.8 Å². The van der Waals surface area contributed by atoms with E-state index in [1.54, 1.807) is 0 Å². The molecule has 1 aromatic heterocycles. The molecule has 0 radical (unpaired) electrons. The van der Waals surface area contributed by atoms with Gasteiger partial charge in [0.1, 0.15) is 5.82 Å². The highest BCUT2D eigenvalue weighted by Crippen LogP contribution is 2.25. The third-order valence-electron chi connectivity index (χ3n) is 7.25. The van der Waals surface area contributed by atoms with Gasteiger partial charge in [-0.05, 0) is 62.1 Å². The Bertz CT molecular complexity index is 1070. The minimum atomic E-state index is -0.821. The summed E-state index contributed by atoms with van der Waals surface area (Å²) in [5.74, 6) is 0.251. The summed E-state index contributed by atoms with van der Waals surface area (Å²) in [4.78, 5) is 49.5. The van der Waals surface area contributed by atoms with Crippen molar-refractivity contribution in [2.24, 2.45) is 5.41 Å². The lowest BCUT2D eigenvalue weighted by Crippen LogP contribution is -2.49. The van der Waals surface area contributed by atoms with Crippen LogP contribution < -0.4 is 5.32 Å². The molecule has 1 aliphatic rings. The fraction of sp³-hybridized carbons (Fsp3) is 0.655. The fourth-order valence-corrected chi connectivity index (χ4v) is 4.96. The Kier molecular flexibility index (Phi) is 9.31. The van der Waals surface area contributed by atoms with Gasteiger partial charge in [-0.15, -0.1) is 0 Å². The van der Waals surface area contributed by atoms with Crippen molar-refractivity contribution < 1.29 is 14.4 Å². The number of piperidine rings is 1. The third kappa shape index (κ3) is 7.65. The summed E-state index contributed by atoms with van der Waals surface area (Å²) in [7, 11) is 0. The normalized spacial score (nSPS) is 18.2. The molecule has 0 bridgehead atoms. The second-order valence-electron chi connectivity index (χ2n) is 11.7. The molecule has 1 aromatic carbocycles. The van der Waals surface area contributed by atoms with Gasteiger partial charge in [0, 0.05) is 31.3 Å². The van der Waals surface area contributed by atoms with Gasteiger partial charge in [-0.25, -0.2) is 4.98 Å². The summed E-state index contributed by atoms with van der Waals surface area (Å²) in [5, 5.41) is 2.92. The number of nitrogens with one attached hydrogen (secondary N) is 2. The second kappa shape index (κ2) is 12.0. The molecule has 2 heterocycles. The molecule has 1 saturated heterocycles. The van der Waals surface area contributed by atoms with E-state index >= 15 is 0 Å². The number of fused-ring (bicyclic) bond motifs is 1. The molecule has 0 spiro atoms. The van der Waals surface area contributed by atoms with Gasteiger partial charge in [-0.3, -0.25) is 14.4 Å². The summed E-state index contributed by atoms with van der Waals surface area (Å²) in [6, 6.07) is 5.43. The fourth-order valence-electron chi connectivity index (χ4n) is 4.96. The Balaban J connectivity index is 1.73. The largest absolute Gasteiger partial charge is 0.346 e. The van der Waals surface area contributed by atoms with Crippen molar-refractivity contribution in [1.82, 2.24) is 20.2 Å². The van der Waals surface area contributed by atoms with Crippen molar-refractivity contribution in [1.29, 1.82) is 0 Å². The molecule has 0 saturated carbocycles. The number of aryl methyl sites for hydroxylation is 1. The van der Waals surface area contributed by atoms with Gasteiger partial charge >= 0.3 is 0 Å². The molecule has 3 rings (SSSR count). The van der Waals surface area contributed by atoms with E-state index in [4.69, 9.17) is 0 Å². The third-order valence-corrected chi connectivity index (χ3v) is 7.25. The van der Waals surface area contributed by atoms with Crippen LogP contribution in [0.1, 0.15) is 103 Å². The number of carbonyl (C=O) groups excluding carboxylic acids is 3. The second-order valence-corrected chi connectivity index (χ2v) is 11.7. The molecule has 2 aromatic rings. The van der Waals surface area contributed by atoms with Gasteiger partial charge in [0.25, 0.3) is 0 Å². The maximum atomic E-state index is 13.5. The number of aromatic nitrogens is 2. The van der Waals surface area contributed by atoms with Crippen molar-refractivity contribution >= 4 is 28.6 Å². The highest BCUT2D eigenvalue weighted by atomic mass is 16.2. The van der Waals surface area contributed by atoms with Gasteiger partial charge in [-0.1, -0.05) is 40.7 Å². The smallest absolute Gasteiger partial charge is 0.225 e. The quantitative estimate of drug-likeness (QED) is 0.459. The molecule has 36 heavy (non-hydrogen) atoms. The Labute approximate surface area is 215 Å². The van der Waals surface area contributed by atoms with Crippen molar-refractivity contribution in [3.63, 3.8) is 0 Å². The molecule has 7 nitrogen and oxygen atoms in total. The van der Waals surface area contributed by atoms with Crippen LogP contribution in [-0.4, -0.2) is 51.1 Å². The predicted octanol–water partition coefficient (Wildman–Crippen LogP) is 5.43. The molecule has 2 amide bonds. The van der Waals surface area contributed by atoms with Gasteiger partial charge in [0.15, 0.2) is 5.78 Å². The van der Waals surface area contributed by atoms with Crippen molar-refractivity contribution in [2.45, 2.75) is 111 Å². The number of nitrogens with zero attached hydrogens (tertiary/aromatic N) is 2. The van der Waals surface area contributed by atoms with E-state index in [0.717, 1.165) is 54.6 Å². The molecule has 7 heteroatoms. The Hall–Kier alpha value is -2.70. The molecule has 1 aliphatic heterocycles. The first kappa shape index (κ1) is 27.9. The zero-order chi connectivity index (χ0) is 26.5. The van der Waals surface area contributed by atoms with E-state index in [9.17, 15) is 14.4 Å². The predicted molar refractivity (Wildman–Crippen MR) is 144 cm³/mol. The topological polar surface area (TPSA) is 95.2 Å². The van der Waals surface area contributed by atoms with E-state index in [1.807, 2.05) is 36.9 Å². The number of rotatable bonds is 10. The Morgan fingerprint density at radius 2 is 1.94 bits per heavy atom. The number of benzene rings is 1. The van der Waals surface area contributed by atoms with Crippen LogP contribution in [0.25, 0.3) is 11.0 Å². The summed E-state index contributed by atoms with van der Waals surface area (Å²) >= 11 is 0. The van der Waals surface area contributed by atoms with Crippen molar-refractivity contribution in [3.8, 4) is 0 Å². The summed E-state index contributed by atoms with van der Waals surface area (Å²) in [6.45, 7) is 13.1. The molecule has 0 aliphatic carbocycles. The minimum Gasteiger partial charge on any atom is -0.346 e. The Morgan fingerprint density at radius 3 is 2.64 bits per heavy atom. The summed E-state index contributed by atoms with van der Waals surface area (Å²) < 4.78 is 0. The average molecular weight is 497 g/mol. The summed E-state index contributed by atoms with van der Waals surface area (Å²) in [6.07, 6.45) is 5.29. The lowest BCUT2D eigenvalue weighted by Gasteiger charge is -2.36. The number of Topliss-reactive ketones (excluding diaryl/α,β-unsaturated/α-hetero) is 1. The highest BCUT2D eigenvalue weighted by Gasteiger charge is 2.31. The van der Waals surface area contributed by atoms with Gasteiger partial charge in [-0.2, -0.15) is 0 Å². The maximum Gasteiger partial charge on any atom is 0.225 e. The molecular weight excluding hydrogens is 452 g/mol. The van der Waals surface area contributed by atoms with Crippen molar-refractivity contribution in [3.05, 3.63) is 29.6 Å². The number of ketones is 1. The number of hydrogen-bond donors (Lipinski definition) is 2. The standard InChI is InChI=1S/C29H44N4O3/c1-7-21-10-8-9-15-33(21)27(36)18-24(30-26(35)13-14-29(4,5)6)25(34)17-20(3)28-31-22-12-11-19(2)16-23(22)32-28/h11-12,16,20-21,24H,7-10,13-15,17-18H2,1-6H3,(H,30,35)(H,31,32)/t20-,21+,24+/m1/s1. The minimum absolute atomic E-state index is 0.0165. The molecule has 198 valence electrons. The van der Waals surface area contributed by atoms with Gasteiger partial charge < -0.3 is 15.2 Å². The monoisotopic (exact) mass is 496 g/mol. The first-order valence-electron chi connectivity index (χ1n) is 13.5. The molecule has 1 fully saturated rings. The van der Waals surface area contributed by atoms with Crippen LogP contribution >= 0.6 is 0 Å². The molecular formula is C29H44N4O3. The van der Waals surface area contributed by atoms with Gasteiger partial charge in [0.2, 0.25) is 11.8 Å². The van der Waals surface area contributed by atoms with Crippen LogP contribution in [0.2, 0.25) is 0 Å². The molecule has 3 atom stereocenters. The van der Waals surface area contributed by atoms with Crippen LogP contribution in [-0.2, 0) is 14.4 Å². The van der Waals surface area contributed by atoms with E-state index < -0.39 is 6.04 Å². The van der Waals surface area contributed by atoms with Crippen molar-refractivity contribution in [2.75, 3.05) is 6.54 Å². The van der Waals surface area contributed by atoms with Crippen LogP contribution in [0.4, 0.5) is 0 Å². The lowest BCUT2D eigenvalue weighted by atomic mass is 9.90. The number of hydrogen-bond acceptors (Lipinski definition) is 4. The van der Waals surface area contributed by atoms with Crippen LogP contribution in [0.15, 0.2) is 18.2 Å². The number of likely N-dealkylation sites (tertiary alicyclic amines) is 1. The summed E-state index contributed by atoms with van der Waals surface area (Å²) in [5.41, 5.74) is 2.97. The number of amides is 2. The zero-order valence-corrected chi connectivity index (χ0v) is 22.9. The first-order chi connectivity index (χ1) is 17.0. The first-order valence-corrected chi connectivity index (χ1v) is 13.5. The highest BCUT2D eigenvalue weighted by molar-refractivity contribution is 5.93. The van der Waals surface area contributed by atoms with Crippen LogP contribution in [0, 0.1) is 12.3 Å². The van der Waals surface area contributed by atoms with Crippen LogP contribution in [0.5, 0.6) is 0 Å². The van der Waals surface area contributed by atoms with Gasteiger partial charge in [0.05, 0.1) is 23.5 Å².